The van der Waals surface area contributed by atoms with Gasteiger partial charge in [0, 0.05) is 29.5 Å². The van der Waals surface area contributed by atoms with Crippen LogP contribution in [0.25, 0.3) is 6.08 Å². The fourth-order valence-corrected chi connectivity index (χ4v) is 4.22. The van der Waals surface area contributed by atoms with Crippen LogP contribution in [0.15, 0.2) is 12.1 Å². The van der Waals surface area contributed by atoms with E-state index in [9.17, 15) is 9.59 Å². The molecule has 3 rings (SSSR count). The second-order valence-electron chi connectivity index (χ2n) is 8.12. The number of ether oxygens (including phenoxy) is 1. The fraction of sp³-hybridized carbons (Fsp3) is 0.636. The zero-order valence-electron chi connectivity index (χ0n) is 16.8. The maximum atomic E-state index is 12.0. The van der Waals surface area contributed by atoms with Crippen LogP contribution in [0.1, 0.15) is 74.9 Å². The van der Waals surface area contributed by atoms with E-state index in [2.05, 4.69) is 29.8 Å². The van der Waals surface area contributed by atoms with E-state index in [-0.39, 0.29) is 18.6 Å². The third-order valence-electron chi connectivity index (χ3n) is 5.93. The molecule has 27 heavy (non-hydrogen) atoms. The van der Waals surface area contributed by atoms with Crippen molar-refractivity contribution in [1.29, 1.82) is 0 Å². The summed E-state index contributed by atoms with van der Waals surface area (Å²) in [5.41, 5.74) is 3.47. The van der Waals surface area contributed by atoms with E-state index in [4.69, 9.17) is 4.74 Å². The topological polar surface area (TPSA) is 60.3 Å². The van der Waals surface area contributed by atoms with Crippen molar-refractivity contribution in [2.24, 2.45) is 5.92 Å². The second kappa shape index (κ2) is 8.77. The van der Waals surface area contributed by atoms with Gasteiger partial charge in [-0.1, -0.05) is 19.3 Å². The molecule has 0 aromatic carbocycles. The maximum absolute atomic E-state index is 12.0. The molecule has 1 aromatic heterocycles. The highest BCUT2D eigenvalue weighted by Gasteiger charge is 2.28. The molecule has 2 fully saturated rings. The van der Waals surface area contributed by atoms with E-state index in [0.717, 1.165) is 5.56 Å². The molecule has 2 aliphatic rings. The van der Waals surface area contributed by atoms with Crippen molar-refractivity contribution in [3.05, 3.63) is 29.1 Å². The minimum Gasteiger partial charge on any atom is -0.452 e. The molecule has 1 atom stereocenters. The molecule has 0 radical (unpaired) electrons. The lowest BCUT2D eigenvalue weighted by Crippen LogP contribution is -2.36. The van der Waals surface area contributed by atoms with Crippen LogP contribution < -0.4 is 5.32 Å². The van der Waals surface area contributed by atoms with Crippen LogP contribution in [0, 0.1) is 19.8 Å². The van der Waals surface area contributed by atoms with Crippen LogP contribution in [0.5, 0.6) is 0 Å². The molecular formula is C22H32N2O3. The van der Waals surface area contributed by atoms with Gasteiger partial charge in [-0.05, 0) is 70.1 Å². The molecule has 1 amide bonds. The van der Waals surface area contributed by atoms with E-state index in [1.54, 1.807) is 6.08 Å². The number of aryl methyl sites for hydroxylation is 1. The molecular weight excluding hydrogens is 340 g/mol. The summed E-state index contributed by atoms with van der Waals surface area (Å²) in [6.07, 6.45) is 11.9. The summed E-state index contributed by atoms with van der Waals surface area (Å²) >= 11 is 0. The summed E-state index contributed by atoms with van der Waals surface area (Å²) in [6.45, 7) is 6.02. The average molecular weight is 373 g/mol. The summed E-state index contributed by atoms with van der Waals surface area (Å²) in [6, 6.07) is 2.86. The van der Waals surface area contributed by atoms with E-state index in [1.165, 1.54) is 62.4 Å². The normalized spacial score (nSPS) is 19.2. The second-order valence-corrected chi connectivity index (χ2v) is 8.12. The van der Waals surface area contributed by atoms with Crippen LogP contribution >= 0.6 is 0 Å². The van der Waals surface area contributed by atoms with Crippen molar-refractivity contribution in [3.63, 3.8) is 0 Å². The number of esters is 1. The van der Waals surface area contributed by atoms with Crippen LogP contribution in [-0.2, 0) is 14.3 Å². The number of aromatic nitrogens is 1. The van der Waals surface area contributed by atoms with Gasteiger partial charge < -0.3 is 14.6 Å². The Morgan fingerprint density at radius 1 is 1.22 bits per heavy atom. The molecule has 0 saturated heterocycles. The van der Waals surface area contributed by atoms with Gasteiger partial charge in [0.25, 0.3) is 5.91 Å². The Labute approximate surface area is 162 Å². The molecule has 0 bridgehead atoms. The maximum Gasteiger partial charge on any atom is 0.331 e. The number of nitrogens with zero attached hydrogens (tertiary/aromatic N) is 1. The third kappa shape index (κ3) is 5.24. The molecule has 1 aromatic rings. The number of nitrogens with one attached hydrogen (secondary N) is 1. The van der Waals surface area contributed by atoms with Gasteiger partial charge in [-0.25, -0.2) is 4.79 Å². The molecule has 1 N–H and O–H groups in total. The lowest BCUT2D eigenvalue weighted by Gasteiger charge is -2.26. The number of carbonyl (C=O) groups excluding carboxylic acids is 2. The Morgan fingerprint density at radius 3 is 2.59 bits per heavy atom. The van der Waals surface area contributed by atoms with Crippen LogP contribution in [-0.4, -0.2) is 29.1 Å². The van der Waals surface area contributed by atoms with Crippen molar-refractivity contribution in [1.82, 2.24) is 9.88 Å². The highest BCUT2D eigenvalue weighted by molar-refractivity contribution is 5.89. The molecule has 0 unspecified atom stereocenters. The first-order chi connectivity index (χ1) is 13.0. The first-order valence-electron chi connectivity index (χ1n) is 10.3. The Kier molecular flexibility index (Phi) is 6.40. The van der Waals surface area contributed by atoms with Crippen LogP contribution in [0.3, 0.4) is 0 Å². The number of amides is 1. The van der Waals surface area contributed by atoms with E-state index in [0.29, 0.717) is 12.0 Å². The van der Waals surface area contributed by atoms with Crippen molar-refractivity contribution >= 4 is 18.0 Å². The van der Waals surface area contributed by atoms with Gasteiger partial charge in [0.15, 0.2) is 6.61 Å². The van der Waals surface area contributed by atoms with E-state index < -0.39 is 5.97 Å². The van der Waals surface area contributed by atoms with Gasteiger partial charge in [-0.3, -0.25) is 4.79 Å². The van der Waals surface area contributed by atoms with Gasteiger partial charge >= 0.3 is 5.97 Å². The highest BCUT2D eigenvalue weighted by Crippen LogP contribution is 2.33. The average Bonchev–Trinajstić information content (AvgIpc) is 3.45. The van der Waals surface area contributed by atoms with Gasteiger partial charge in [0.05, 0.1) is 0 Å². The van der Waals surface area contributed by atoms with E-state index >= 15 is 0 Å². The van der Waals surface area contributed by atoms with Crippen LogP contribution in [0.4, 0.5) is 0 Å². The quantitative estimate of drug-likeness (QED) is 0.579. The summed E-state index contributed by atoms with van der Waals surface area (Å²) in [5.74, 6) is -0.123. The molecule has 1 heterocycles. The lowest BCUT2D eigenvalue weighted by molar-refractivity contribution is -0.144. The Morgan fingerprint density at radius 2 is 1.93 bits per heavy atom. The summed E-state index contributed by atoms with van der Waals surface area (Å²) in [5, 5.41) is 2.88. The minimum absolute atomic E-state index is 0.164. The van der Waals surface area contributed by atoms with Crippen molar-refractivity contribution in [3.8, 4) is 0 Å². The van der Waals surface area contributed by atoms with Crippen molar-refractivity contribution in [2.45, 2.75) is 77.8 Å². The molecule has 2 aliphatic carbocycles. The lowest BCUT2D eigenvalue weighted by atomic mass is 9.95. The van der Waals surface area contributed by atoms with Gasteiger partial charge in [-0.15, -0.1) is 0 Å². The molecule has 5 nitrogen and oxygen atoms in total. The largest absolute Gasteiger partial charge is 0.452 e. The number of rotatable bonds is 7. The number of hydrogen-bond donors (Lipinski definition) is 1. The predicted molar refractivity (Wildman–Crippen MR) is 106 cm³/mol. The predicted octanol–water partition coefficient (Wildman–Crippen LogP) is 4.08. The first kappa shape index (κ1) is 19.7. The molecule has 0 spiro atoms. The first-order valence-corrected chi connectivity index (χ1v) is 10.3. The SMILES string of the molecule is Cc1cc(/C=C/C(=O)OCC(=O)N[C@H](C)C2CC2)c(C)n1C1CCCCC1. The van der Waals surface area contributed by atoms with Crippen molar-refractivity contribution in [2.75, 3.05) is 6.61 Å². The summed E-state index contributed by atoms with van der Waals surface area (Å²) < 4.78 is 7.49. The summed E-state index contributed by atoms with van der Waals surface area (Å²) in [4.78, 5) is 23.8. The number of hydrogen-bond acceptors (Lipinski definition) is 3. The monoisotopic (exact) mass is 372 g/mol. The smallest absolute Gasteiger partial charge is 0.331 e. The van der Waals surface area contributed by atoms with Crippen molar-refractivity contribution < 1.29 is 14.3 Å². The van der Waals surface area contributed by atoms with Gasteiger partial charge in [0.1, 0.15) is 0 Å². The minimum atomic E-state index is -0.480. The van der Waals surface area contributed by atoms with Gasteiger partial charge in [0.2, 0.25) is 0 Å². The van der Waals surface area contributed by atoms with E-state index in [1.807, 2.05) is 6.92 Å². The zero-order valence-corrected chi connectivity index (χ0v) is 16.8. The Hall–Kier alpha value is -2.04. The molecule has 148 valence electrons. The van der Waals surface area contributed by atoms with Gasteiger partial charge in [-0.2, -0.15) is 0 Å². The molecule has 5 heteroatoms. The summed E-state index contributed by atoms with van der Waals surface area (Å²) in [7, 11) is 0. The number of carbonyl (C=O) groups is 2. The molecule has 0 aliphatic heterocycles. The highest BCUT2D eigenvalue weighted by atomic mass is 16.5. The third-order valence-corrected chi connectivity index (χ3v) is 5.93. The Bertz CT molecular complexity index is 709. The molecule has 2 saturated carbocycles. The fourth-order valence-electron chi connectivity index (χ4n) is 4.22. The zero-order chi connectivity index (χ0) is 19.4. The Balaban J connectivity index is 1.52. The van der Waals surface area contributed by atoms with Crippen LogP contribution in [0.2, 0.25) is 0 Å². The standard InChI is InChI=1S/C22H32N2O3/c1-15-13-19(17(3)24(15)20-7-5-4-6-8-20)11-12-22(26)27-14-21(25)23-16(2)18-9-10-18/h11-13,16,18,20H,4-10,14H2,1-3H3,(H,23,25)/b12-11+/t16-/m1/s1.